The summed E-state index contributed by atoms with van der Waals surface area (Å²) in [5.41, 5.74) is 7.56. The second-order valence-corrected chi connectivity index (χ2v) is 5.22. The summed E-state index contributed by atoms with van der Waals surface area (Å²) in [4.78, 5) is 16.2. The molecule has 1 aliphatic rings. The minimum atomic E-state index is -0.158. The van der Waals surface area contributed by atoms with E-state index in [9.17, 15) is 4.79 Å². The average molecular weight is 247 g/mol. The fourth-order valence-corrected chi connectivity index (χ4v) is 2.56. The molecule has 4 heteroatoms. The third-order valence-corrected chi connectivity index (χ3v) is 3.69. The fourth-order valence-electron chi connectivity index (χ4n) is 2.56. The lowest BCUT2D eigenvalue weighted by atomic mass is 9.97. The van der Waals surface area contributed by atoms with E-state index in [1.54, 1.807) is 6.20 Å². The molecule has 0 bridgehead atoms. The van der Waals surface area contributed by atoms with Crippen molar-refractivity contribution in [2.24, 2.45) is 5.73 Å². The molecule has 1 aromatic heterocycles. The van der Waals surface area contributed by atoms with Crippen LogP contribution in [0.15, 0.2) is 18.3 Å². The number of carbonyl (C=O) groups excluding carboxylic acids is 1. The highest BCUT2D eigenvalue weighted by Crippen LogP contribution is 2.28. The van der Waals surface area contributed by atoms with Crippen molar-refractivity contribution in [1.29, 1.82) is 0 Å². The van der Waals surface area contributed by atoms with Crippen molar-refractivity contribution >= 4 is 5.91 Å². The Morgan fingerprint density at radius 1 is 1.44 bits per heavy atom. The highest BCUT2D eigenvalue weighted by molar-refractivity contribution is 5.79. The van der Waals surface area contributed by atoms with E-state index in [0.29, 0.717) is 13.0 Å². The number of pyridine rings is 1. The Morgan fingerprint density at radius 3 is 2.72 bits per heavy atom. The highest BCUT2D eigenvalue weighted by atomic mass is 16.1. The molecule has 0 spiro atoms. The molecule has 1 heterocycles. The number of nitrogens with two attached hydrogens (primary N) is 1. The average Bonchev–Trinajstić information content (AvgIpc) is 2.81. The molecule has 1 aromatic rings. The summed E-state index contributed by atoms with van der Waals surface area (Å²) >= 11 is 0. The van der Waals surface area contributed by atoms with Gasteiger partial charge in [0.15, 0.2) is 0 Å². The van der Waals surface area contributed by atoms with Gasteiger partial charge in [-0.25, -0.2) is 0 Å². The van der Waals surface area contributed by atoms with Crippen LogP contribution in [0.4, 0.5) is 0 Å². The normalized spacial score (nSPS) is 17.7. The van der Waals surface area contributed by atoms with Crippen LogP contribution in [0.2, 0.25) is 0 Å². The third kappa shape index (κ3) is 3.07. The van der Waals surface area contributed by atoms with Gasteiger partial charge >= 0.3 is 0 Å². The Balaban J connectivity index is 1.94. The van der Waals surface area contributed by atoms with Gasteiger partial charge in [0, 0.05) is 18.4 Å². The molecular weight excluding hydrogens is 226 g/mol. The molecule has 0 unspecified atom stereocenters. The molecule has 1 aliphatic carbocycles. The van der Waals surface area contributed by atoms with Crippen molar-refractivity contribution in [2.45, 2.75) is 44.6 Å². The number of nitrogens with zero attached hydrogens (tertiary/aromatic N) is 1. The van der Waals surface area contributed by atoms with Crippen LogP contribution in [0.5, 0.6) is 0 Å². The summed E-state index contributed by atoms with van der Waals surface area (Å²) in [5, 5.41) is 3.11. The quantitative estimate of drug-likeness (QED) is 0.843. The highest BCUT2D eigenvalue weighted by Gasteiger charge is 2.33. The number of aryl methyl sites for hydroxylation is 1. The lowest BCUT2D eigenvalue weighted by Crippen LogP contribution is -2.52. The largest absolute Gasteiger partial charge is 0.349 e. The Labute approximate surface area is 108 Å². The molecule has 0 saturated heterocycles. The first-order valence-corrected chi connectivity index (χ1v) is 6.56. The van der Waals surface area contributed by atoms with Gasteiger partial charge in [0.25, 0.3) is 0 Å². The Bertz CT molecular complexity index is 408. The number of nitrogens with one attached hydrogen (secondary N) is 1. The van der Waals surface area contributed by atoms with E-state index < -0.39 is 0 Å². The molecular formula is C14H21N3O. The van der Waals surface area contributed by atoms with Crippen molar-refractivity contribution in [1.82, 2.24) is 10.3 Å². The summed E-state index contributed by atoms with van der Waals surface area (Å²) in [5.74, 6) is 0.0491. The van der Waals surface area contributed by atoms with E-state index in [1.165, 1.54) is 0 Å². The molecule has 98 valence electrons. The minimum absolute atomic E-state index is 0.0491. The maximum atomic E-state index is 12.0. The van der Waals surface area contributed by atoms with Gasteiger partial charge in [-0.05, 0) is 31.4 Å². The second-order valence-electron chi connectivity index (χ2n) is 5.22. The monoisotopic (exact) mass is 247 g/mol. The predicted molar refractivity (Wildman–Crippen MR) is 71.1 cm³/mol. The minimum Gasteiger partial charge on any atom is -0.349 e. The van der Waals surface area contributed by atoms with Gasteiger partial charge in [-0.2, -0.15) is 0 Å². The molecule has 1 amide bonds. The summed E-state index contributed by atoms with van der Waals surface area (Å²) in [6.07, 6.45) is 6.46. The number of carbonyl (C=O) groups is 1. The molecule has 0 aliphatic heterocycles. The first kappa shape index (κ1) is 13.0. The molecule has 2 rings (SSSR count). The Morgan fingerprint density at radius 2 is 2.17 bits per heavy atom. The molecule has 0 radical (unpaired) electrons. The van der Waals surface area contributed by atoms with E-state index in [4.69, 9.17) is 5.73 Å². The van der Waals surface area contributed by atoms with Crippen molar-refractivity contribution in [2.75, 3.05) is 6.54 Å². The maximum absolute atomic E-state index is 12.0. The summed E-state index contributed by atoms with van der Waals surface area (Å²) in [6.45, 7) is 2.47. The smallest absolute Gasteiger partial charge is 0.224 e. The van der Waals surface area contributed by atoms with Gasteiger partial charge in [0.1, 0.15) is 0 Å². The molecule has 4 nitrogen and oxygen atoms in total. The standard InChI is InChI=1S/C14H21N3O/c1-11-4-5-12(9-16-11)8-13(18)17-14(10-15)6-2-3-7-14/h4-5,9H,2-3,6-8,10,15H2,1H3,(H,17,18). The van der Waals surface area contributed by atoms with Gasteiger partial charge in [-0.15, -0.1) is 0 Å². The lowest BCUT2D eigenvalue weighted by molar-refractivity contribution is -0.122. The van der Waals surface area contributed by atoms with Crippen molar-refractivity contribution < 1.29 is 4.79 Å². The van der Waals surface area contributed by atoms with Crippen LogP contribution in [-0.2, 0) is 11.2 Å². The Kier molecular flexibility index (Phi) is 3.97. The third-order valence-electron chi connectivity index (χ3n) is 3.69. The van der Waals surface area contributed by atoms with Crippen molar-refractivity contribution in [3.8, 4) is 0 Å². The van der Waals surface area contributed by atoms with E-state index in [1.807, 2.05) is 19.1 Å². The van der Waals surface area contributed by atoms with E-state index in [0.717, 1.165) is 36.9 Å². The number of hydrogen-bond donors (Lipinski definition) is 2. The van der Waals surface area contributed by atoms with Crippen LogP contribution < -0.4 is 11.1 Å². The number of hydrogen-bond acceptors (Lipinski definition) is 3. The first-order valence-electron chi connectivity index (χ1n) is 6.56. The van der Waals surface area contributed by atoms with Crippen LogP contribution in [0.3, 0.4) is 0 Å². The Hall–Kier alpha value is -1.42. The summed E-state index contributed by atoms with van der Waals surface area (Å²) in [7, 11) is 0. The molecule has 3 N–H and O–H groups in total. The predicted octanol–water partition coefficient (Wildman–Crippen LogP) is 1.32. The fraction of sp³-hybridized carbons (Fsp3) is 0.571. The zero-order valence-electron chi connectivity index (χ0n) is 10.9. The molecule has 1 fully saturated rings. The topological polar surface area (TPSA) is 68.0 Å². The van der Waals surface area contributed by atoms with Crippen LogP contribution >= 0.6 is 0 Å². The SMILES string of the molecule is Cc1ccc(CC(=O)NC2(CN)CCCC2)cn1. The second kappa shape index (κ2) is 5.48. The molecule has 18 heavy (non-hydrogen) atoms. The summed E-state index contributed by atoms with van der Waals surface area (Å²) < 4.78 is 0. The van der Waals surface area contributed by atoms with Gasteiger partial charge in [0.05, 0.1) is 12.0 Å². The van der Waals surface area contributed by atoms with Crippen molar-refractivity contribution in [3.05, 3.63) is 29.6 Å². The summed E-state index contributed by atoms with van der Waals surface area (Å²) in [6, 6.07) is 3.88. The van der Waals surface area contributed by atoms with Crippen molar-refractivity contribution in [3.63, 3.8) is 0 Å². The van der Waals surface area contributed by atoms with Gasteiger partial charge < -0.3 is 11.1 Å². The zero-order valence-corrected chi connectivity index (χ0v) is 10.9. The van der Waals surface area contributed by atoms with E-state index >= 15 is 0 Å². The molecule has 0 atom stereocenters. The molecule has 0 aromatic carbocycles. The maximum Gasteiger partial charge on any atom is 0.224 e. The first-order chi connectivity index (χ1) is 8.63. The number of rotatable bonds is 4. The molecule has 1 saturated carbocycles. The van der Waals surface area contributed by atoms with Crippen LogP contribution in [0, 0.1) is 6.92 Å². The van der Waals surface area contributed by atoms with Crippen LogP contribution in [0.25, 0.3) is 0 Å². The van der Waals surface area contributed by atoms with Gasteiger partial charge in [0.2, 0.25) is 5.91 Å². The van der Waals surface area contributed by atoms with Gasteiger partial charge in [-0.3, -0.25) is 9.78 Å². The number of aromatic nitrogens is 1. The lowest BCUT2D eigenvalue weighted by Gasteiger charge is -2.28. The van der Waals surface area contributed by atoms with E-state index in [-0.39, 0.29) is 11.4 Å². The van der Waals surface area contributed by atoms with Crippen LogP contribution in [0.1, 0.15) is 36.9 Å². The number of amides is 1. The van der Waals surface area contributed by atoms with Gasteiger partial charge in [-0.1, -0.05) is 18.9 Å². The van der Waals surface area contributed by atoms with Crippen LogP contribution in [-0.4, -0.2) is 23.0 Å². The zero-order chi connectivity index (χ0) is 13.0. The van der Waals surface area contributed by atoms with E-state index in [2.05, 4.69) is 10.3 Å².